The molecule has 0 saturated carbocycles. The summed E-state index contributed by atoms with van der Waals surface area (Å²) in [6, 6.07) is 2.36. The van der Waals surface area contributed by atoms with Crippen LogP contribution in [0.3, 0.4) is 0 Å². The first kappa shape index (κ1) is 22.2. The van der Waals surface area contributed by atoms with E-state index < -0.39 is 39.9 Å². The summed E-state index contributed by atoms with van der Waals surface area (Å²) in [6.45, 7) is 4.59. The van der Waals surface area contributed by atoms with Crippen molar-refractivity contribution < 1.29 is 27.1 Å². The molecule has 0 spiro atoms. The molecule has 0 aliphatic carbocycles. The Balaban J connectivity index is 2.01. The van der Waals surface area contributed by atoms with E-state index in [9.17, 15) is 27.2 Å². The Morgan fingerprint density at radius 3 is 2.70 bits per heavy atom. The van der Waals surface area contributed by atoms with E-state index in [0.717, 1.165) is 36.1 Å². The smallest absolute Gasteiger partial charge is 0.418 e. The van der Waals surface area contributed by atoms with Gasteiger partial charge in [-0.1, -0.05) is 11.8 Å². The lowest BCUT2D eigenvalue weighted by Gasteiger charge is -2.12. The number of rotatable bonds is 5. The molecular weight excluding hydrogens is 446 g/mol. The van der Waals surface area contributed by atoms with Crippen molar-refractivity contribution in [2.24, 2.45) is 0 Å². The number of hydrogen-bond acceptors (Lipinski definition) is 7. The van der Waals surface area contributed by atoms with E-state index in [1.165, 1.54) is 6.07 Å². The van der Waals surface area contributed by atoms with Crippen LogP contribution in [0.25, 0.3) is 15.9 Å². The standard InChI is InChI=1S/C18H15F4N3O3S2/c1-4-28-16(27)9(3)29-17-24-12-6-13(11(19)5-14(12)30-17)25-15(26)8(2)10(7-23-25)18(20,21)22/h5-7,9H,4H2,1-3H3. The summed E-state index contributed by atoms with van der Waals surface area (Å²) in [5, 5.41) is 2.96. The average Bonchev–Trinajstić information content (AvgIpc) is 3.03. The first-order valence-corrected chi connectivity index (χ1v) is 10.3. The van der Waals surface area contributed by atoms with E-state index in [1.54, 1.807) is 13.8 Å². The first-order chi connectivity index (χ1) is 14.0. The van der Waals surface area contributed by atoms with Crippen LogP contribution in [0.4, 0.5) is 17.6 Å². The van der Waals surface area contributed by atoms with Crippen molar-refractivity contribution in [1.82, 2.24) is 14.8 Å². The molecule has 12 heteroatoms. The minimum atomic E-state index is -4.74. The van der Waals surface area contributed by atoms with Crippen molar-refractivity contribution in [1.29, 1.82) is 0 Å². The number of esters is 1. The highest BCUT2D eigenvalue weighted by molar-refractivity contribution is 8.02. The minimum absolute atomic E-state index is 0.243. The van der Waals surface area contributed by atoms with Crippen molar-refractivity contribution in [2.45, 2.75) is 36.5 Å². The molecule has 2 aromatic heterocycles. The summed E-state index contributed by atoms with van der Waals surface area (Å²) < 4.78 is 59.9. The molecular formula is C18H15F4N3O3S2. The summed E-state index contributed by atoms with van der Waals surface area (Å²) in [5.74, 6) is -1.25. The lowest BCUT2D eigenvalue weighted by Crippen LogP contribution is -2.27. The zero-order chi connectivity index (χ0) is 22.2. The van der Waals surface area contributed by atoms with Crippen LogP contribution in [0.2, 0.25) is 0 Å². The van der Waals surface area contributed by atoms with Crippen LogP contribution in [-0.2, 0) is 15.7 Å². The number of thiazole rings is 1. The van der Waals surface area contributed by atoms with Gasteiger partial charge in [0.2, 0.25) is 0 Å². The quantitative estimate of drug-likeness (QED) is 0.320. The largest absolute Gasteiger partial charge is 0.465 e. The predicted octanol–water partition coefficient (Wildman–Crippen LogP) is 4.35. The molecule has 1 atom stereocenters. The van der Waals surface area contributed by atoms with Gasteiger partial charge in [0, 0.05) is 5.56 Å². The van der Waals surface area contributed by atoms with E-state index in [2.05, 4.69) is 10.1 Å². The van der Waals surface area contributed by atoms with Gasteiger partial charge in [-0.3, -0.25) is 9.59 Å². The van der Waals surface area contributed by atoms with Crippen molar-refractivity contribution in [3.05, 3.63) is 45.6 Å². The van der Waals surface area contributed by atoms with Crippen LogP contribution in [0.15, 0.2) is 27.5 Å². The van der Waals surface area contributed by atoms with Gasteiger partial charge < -0.3 is 4.74 Å². The number of aromatic nitrogens is 3. The molecule has 0 amide bonds. The highest BCUT2D eigenvalue weighted by atomic mass is 32.2. The van der Waals surface area contributed by atoms with Crippen LogP contribution in [0.1, 0.15) is 25.0 Å². The van der Waals surface area contributed by atoms with Gasteiger partial charge in [0.15, 0.2) is 10.2 Å². The third-order valence-electron chi connectivity index (χ3n) is 4.09. The van der Waals surface area contributed by atoms with Gasteiger partial charge in [0.25, 0.3) is 5.56 Å². The molecule has 6 nitrogen and oxygen atoms in total. The van der Waals surface area contributed by atoms with Gasteiger partial charge in [-0.2, -0.15) is 23.0 Å². The number of hydrogen-bond donors (Lipinski definition) is 0. The Morgan fingerprint density at radius 2 is 2.07 bits per heavy atom. The zero-order valence-corrected chi connectivity index (χ0v) is 17.5. The van der Waals surface area contributed by atoms with Crippen LogP contribution < -0.4 is 5.56 Å². The van der Waals surface area contributed by atoms with Crippen LogP contribution in [0.5, 0.6) is 0 Å². The second kappa shape index (κ2) is 8.34. The van der Waals surface area contributed by atoms with Gasteiger partial charge in [0.1, 0.15) is 10.9 Å². The maximum absolute atomic E-state index is 14.6. The Labute approximate surface area is 175 Å². The molecule has 3 rings (SSSR count). The lowest BCUT2D eigenvalue weighted by molar-refractivity contribution is -0.142. The average molecular weight is 461 g/mol. The van der Waals surface area contributed by atoms with Gasteiger partial charge >= 0.3 is 12.1 Å². The molecule has 1 aromatic carbocycles. The van der Waals surface area contributed by atoms with Crippen molar-refractivity contribution >= 4 is 39.3 Å². The molecule has 0 fully saturated rings. The molecule has 0 saturated heterocycles. The first-order valence-electron chi connectivity index (χ1n) is 8.62. The fraction of sp³-hybridized carbons (Fsp3) is 0.333. The Bertz CT molecular complexity index is 1170. The molecule has 3 aromatic rings. The second-order valence-corrected chi connectivity index (χ2v) is 8.78. The number of nitrogens with zero attached hydrogens (tertiary/aromatic N) is 3. The Morgan fingerprint density at radius 1 is 1.37 bits per heavy atom. The number of benzene rings is 1. The fourth-order valence-electron chi connectivity index (χ4n) is 2.58. The maximum Gasteiger partial charge on any atom is 0.418 e. The number of carbonyl (C=O) groups is 1. The lowest BCUT2D eigenvalue weighted by atomic mass is 10.2. The topological polar surface area (TPSA) is 74.1 Å². The van der Waals surface area contributed by atoms with E-state index in [1.807, 2.05) is 0 Å². The monoisotopic (exact) mass is 461 g/mol. The molecule has 2 heterocycles. The normalized spacial score (nSPS) is 12.9. The Hall–Kier alpha value is -2.47. The molecule has 0 radical (unpaired) electrons. The van der Waals surface area contributed by atoms with E-state index in [4.69, 9.17) is 4.74 Å². The van der Waals surface area contributed by atoms with Gasteiger partial charge in [0.05, 0.1) is 28.6 Å². The number of ether oxygens (including phenoxy) is 1. The van der Waals surface area contributed by atoms with Crippen LogP contribution >= 0.6 is 23.1 Å². The molecule has 0 bridgehead atoms. The van der Waals surface area contributed by atoms with Crippen LogP contribution in [0, 0.1) is 12.7 Å². The zero-order valence-electron chi connectivity index (χ0n) is 15.9. The molecule has 0 aliphatic rings. The fourth-order valence-corrected chi connectivity index (χ4v) is 4.80. The summed E-state index contributed by atoms with van der Waals surface area (Å²) >= 11 is 2.28. The summed E-state index contributed by atoms with van der Waals surface area (Å²) in [6.07, 6.45) is -4.25. The van der Waals surface area contributed by atoms with E-state index in [-0.39, 0.29) is 12.3 Å². The number of carbonyl (C=O) groups excluding carboxylic acids is 1. The third kappa shape index (κ3) is 4.33. The van der Waals surface area contributed by atoms with Crippen molar-refractivity contribution in [3.63, 3.8) is 0 Å². The minimum Gasteiger partial charge on any atom is -0.465 e. The highest BCUT2D eigenvalue weighted by Gasteiger charge is 2.34. The van der Waals surface area contributed by atoms with Gasteiger partial charge in [-0.15, -0.1) is 11.3 Å². The van der Waals surface area contributed by atoms with E-state index >= 15 is 0 Å². The second-order valence-electron chi connectivity index (χ2n) is 6.16. The highest BCUT2D eigenvalue weighted by Crippen LogP contribution is 2.34. The van der Waals surface area contributed by atoms with Crippen LogP contribution in [-0.4, -0.2) is 32.6 Å². The number of thioether (sulfide) groups is 1. The number of halogens is 4. The molecule has 0 aliphatic heterocycles. The Kier molecular flexibility index (Phi) is 6.18. The number of fused-ring (bicyclic) bond motifs is 1. The summed E-state index contributed by atoms with van der Waals surface area (Å²) in [5.41, 5.74) is -2.84. The molecule has 160 valence electrons. The summed E-state index contributed by atoms with van der Waals surface area (Å²) in [7, 11) is 0. The van der Waals surface area contributed by atoms with Gasteiger partial charge in [-0.05, 0) is 32.9 Å². The van der Waals surface area contributed by atoms with Crippen molar-refractivity contribution in [3.8, 4) is 5.69 Å². The molecule has 30 heavy (non-hydrogen) atoms. The predicted molar refractivity (Wildman–Crippen MR) is 105 cm³/mol. The summed E-state index contributed by atoms with van der Waals surface area (Å²) in [4.78, 5) is 28.5. The maximum atomic E-state index is 14.6. The van der Waals surface area contributed by atoms with Crippen molar-refractivity contribution in [2.75, 3.05) is 6.61 Å². The molecule has 1 unspecified atom stereocenters. The van der Waals surface area contributed by atoms with Gasteiger partial charge in [-0.25, -0.2) is 9.37 Å². The number of alkyl halides is 3. The van der Waals surface area contributed by atoms with E-state index in [0.29, 0.717) is 25.4 Å². The molecule has 0 N–H and O–H groups in total. The third-order valence-corrected chi connectivity index (χ3v) is 6.28. The SMILES string of the molecule is CCOC(=O)C(C)Sc1nc2cc(-n3ncc(C(F)(F)F)c(C)c3=O)c(F)cc2s1.